The molecule has 0 saturated carbocycles. The van der Waals surface area contributed by atoms with Crippen molar-refractivity contribution >= 4 is 23.5 Å². The Hall–Kier alpha value is -1.55. The van der Waals surface area contributed by atoms with E-state index in [-0.39, 0.29) is 18.4 Å². The lowest BCUT2D eigenvalue weighted by atomic mass is 10.0. The number of carbonyl (C=O) groups excluding carboxylic acids is 2. The summed E-state index contributed by atoms with van der Waals surface area (Å²) in [5.41, 5.74) is 0.916. The van der Waals surface area contributed by atoms with Crippen LogP contribution in [-0.2, 0) is 14.3 Å². The Labute approximate surface area is 111 Å². The van der Waals surface area contributed by atoms with Crippen LogP contribution in [0.25, 0.3) is 0 Å². The van der Waals surface area contributed by atoms with Crippen molar-refractivity contribution in [3.63, 3.8) is 0 Å². The van der Waals surface area contributed by atoms with Gasteiger partial charge in [0.05, 0.1) is 13.0 Å². The fourth-order valence-corrected chi connectivity index (χ4v) is 1.61. The van der Waals surface area contributed by atoms with Crippen molar-refractivity contribution in [3.05, 3.63) is 35.9 Å². The highest BCUT2D eigenvalue weighted by molar-refractivity contribution is 6.30. The number of amides is 1. The molecular formula is C13H16ClNO3. The molecule has 0 heterocycles. The molecule has 0 aliphatic rings. The van der Waals surface area contributed by atoms with Crippen LogP contribution >= 0.6 is 11.6 Å². The van der Waals surface area contributed by atoms with Gasteiger partial charge in [-0.2, -0.15) is 0 Å². The lowest BCUT2D eigenvalue weighted by molar-refractivity contribution is -0.140. The van der Waals surface area contributed by atoms with Gasteiger partial charge < -0.3 is 10.1 Å². The average Bonchev–Trinajstić information content (AvgIpc) is 2.43. The highest BCUT2D eigenvalue weighted by Crippen LogP contribution is 2.14. The van der Waals surface area contributed by atoms with Crippen LogP contribution in [0.5, 0.6) is 0 Å². The number of methoxy groups -OCH3 is 1. The van der Waals surface area contributed by atoms with E-state index < -0.39 is 11.3 Å². The zero-order valence-corrected chi connectivity index (χ0v) is 11.1. The number of benzene rings is 1. The summed E-state index contributed by atoms with van der Waals surface area (Å²) in [6, 6.07) is 9.39. The van der Waals surface area contributed by atoms with Crippen molar-refractivity contribution < 1.29 is 14.3 Å². The van der Waals surface area contributed by atoms with Crippen molar-refractivity contribution in [1.29, 1.82) is 0 Å². The maximum Gasteiger partial charge on any atom is 0.325 e. The SMILES string of the molecule is COC(=O)C(Cl)CNC(=O)C(C)c1ccccc1. The monoisotopic (exact) mass is 269 g/mol. The molecule has 0 bridgehead atoms. The summed E-state index contributed by atoms with van der Waals surface area (Å²) in [4.78, 5) is 22.9. The molecule has 1 aromatic rings. The van der Waals surface area contributed by atoms with Gasteiger partial charge in [-0.05, 0) is 12.5 Å². The lowest BCUT2D eigenvalue weighted by Crippen LogP contribution is -2.36. The number of halogens is 1. The van der Waals surface area contributed by atoms with Crippen LogP contribution in [0.1, 0.15) is 18.4 Å². The number of nitrogens with one attached hydrogen (secondary N) is 1. The van der Waals surface area contributed by atoms with Crippen molar-refractivity contribution in [2.45, 2.75) is 18.2 Å². The van der Waals surface area contributed by atoms with Gasteiger partial charge in [-0.15, -0.1) is 11.6 Å². The van der Waals surface area contributed by atoms with Gasteiger partial charge in [-0.1, -0.05) is 30.3 Å². The minimum atomic E-state index is -0.859. The first-order valence-corrected chi connectivity index (χ1v) is 6.04. The molecule has 0 aliphatic carbocycles. The fourth-order valence-electron chi connectivity index (χ4n) is 1.45. The molecule has 0 radical (unpaired) electrons. The molecule has 2 unspecified atom stereocenters. The standard InChI is InChI=1S/C13H16ClNO3/c1-9(10-6-4-3-5-7-10)12(16)15-8-11(14)13(17)18-2/h3-7,9,11H,8H2,1-2H3,(H,15,16). The number of hydrogen-bond donors (Lipinski definition) is 1. The summed E-state index contributed by atoms with van der Waals surface area (Å²) < 4.78 is 4.47. The largest absolute Gasteiger partial charge is 0.468 e. The normalized spacial score (nSPS) is 13.5. The summed E-state index contributed by atoms with van der Waals surface area (Å²) in [6.07, 6.45) is 0. The van der Waals surface area contributed by atoms with E-state index in [2.05, 4.69) is 10.1 Å². The molecule has 0 aromatic heterocycles. The number of hydrogen-bond acceptors (Lipinski definition) is 3. The first kappa shape index (κ1) is 14.5. The van der Waals surface area contributed by atoms with Gasteiger partial charge in [0.2, 0.25) is 5.91 Å². The summed E-state index contributed by atoms with van der Waals surface area (Å²) in [6.45, 7) is 1.86. The van der Waals surface area contributed by atoms with E-state index in [1.165, 1.54) is 7.11 Å². The number of carbonyl (C=O) groups is 2. The van der Waals surface area contributed by atoms with E-state index in [0.29, 0.717) is 0 Å². The smallest absolute Gasteiger partial charge is 0.325 e. The van der Waals surface area contributed by atoms with Gasteiger partial charge in [0.25, 0.3) is 0 Å². The summed E-state index contributed by atoms with van der Waals surface area (Å²) in [5.74, 6) is -1.01. The topological polar surface area (TPSA) is 55.4 Å². The first-order valence-electron chi connectivity index (χ1n) is 5.60. The molecular weight excluding hydrogens is 254 g/mol. The van der Waals surface area contributed by atoms with Crippen LogP contribution < -0.4 is 5.32 Å². The predicted octanol–water partition coefficient (Wildman–Crippen LogP) is 1.69. The molecule has 0 aliphatic heterocycles. The molecule has 5 heteroatoms. The Morgan fingerprint density at radius 1 is 1.33 bits per heavy atom. The van der Waals surface area contributed by atoms with Gasteiger partial charge in [-0.3, -0.25) is 9.59 Å². The maximum absolute atomic E-state index is 11.8. The quantitative estimate of drug-likeness (QED) is 0.654. The molecule has 0 saturated heterocycles. The second-order valence-corrected chi connectivity index (χ2v) is 4.40. The van der Waals surface area contributed by atoms with Gasteiger partial charge in [0.15, 0.2) is 0 Å². The number of ether oxygens (including phenoxy) is 1. The van der Waals surface area contributed by atoms with Gasteiger partial charge in [-0.25, -0.2) is 0 Å². The van der Waals surface area contributed by atoms with Crippen LogP contribution in [0.4, 0.5) is 0 Å². The lowest BCUT2D eigenvalue weighted by Gasteiger charge is -2.14. The minimum absolute atomic E-state index is 0.0598. The molecule has 18 heavy (non-hydrogen) atoms. The molecule has 0 fully saturated rings. The molecule has 0 spiro atoms. The third-order valence-electron chi connectivity index (χ3n) is 2.61. The number of rotatable bonds is 5. The number of alkyl halides is 1. The van der Waals surface area contributed by atoms with Gasteiger partial charge in [0, 0.05) is 6.54 Å². The second kappa shape index (κ2) is 7.01. The van der Waals surface area contributed by atoms with E-state index in [1.807, 2.05) is 30.3 Å². The first-order chi connectivity index (χ1) is 8.56. The Balaban J connectivity index is 2.49. The van der Waals surface area contributed by atoms with Crippen LogP contribution in [0.3, 0.4) is 0 Å². The summed E-state index contributed by atoms with van der Waals surface area (Å²) in [5, 5.41) is 1.76. The van der Waals surface area contributed by atoms with E-state index in [0.717, 1.165) is 5.56 Å². The van der Waals surface area contributed by atoms with Crippen LogP contribution in [0.2, 0.25) is 0 Å². The Morgan fingerprint density at radius 2 is 1.94 bits per heavy atom. The summed E-state index contributed by atoms with van der Waals surface area (Å²) >= 11 is 5.74. The maximum atomic E-state index is 11.8. The van der Waals surface area contributed by atoms with E-state index in [9.17, 15) is 9.59 Å². The van der Waals surface area contributed by atoms with Crippen molar-refractivity contribution in [2.75, 3.05) is 13.7 Å². The molecule has 1 N–H and O–H groups in total. The van der Waals surface area contributed by atoms with Crippen molar-refractivity contribution in [1.82, 2.24) is 5.32 Å². The summed E-state index contributed by atoms with van der Waals surface area (Å²) in [7, 11) is 1.26. The molecule has 98 valence electrons. The molecule has 4 nitrogen and oxygen atoms in total. The van der Waals surface area contributed by atoms with E-state index in [4.69, 9.17) is 11.6 Å². The zero-order valence-electron chi connectivity index (χ0n) is 10.4. The van der Waals surface area contributed by atoms with Gasteiger partial charge in [0.1, 0.15) is 5.38 Å². The van der Waals surface area contributed by atoms with E-state index >= 15 is 0 Å². The number of esters is 1. The zero-order chi connectivity index (χ0) is 13.5. The molecule has 1 rings (SSSR count). The molecule has 1 aromatic carbocycles. The fraction of sp³-hybridized carbons (Fsp3) is 0.385. The van der Waals surface area contributed by atoms with Crippen molar-refractivity contribution in [3.8, 4) is 0 Å². The van der Waals surface area contributed by atoms with Gasteiger partial charge >= 0.3 is 5.97 Å². The molecule has 1 amide bonds. The highest BCUT2D eigenvalue weighted by atomic mass is 35.5. The Bertz CT molecular complexity index is 408. The second-order valence-electron chi connectivity index (χ2n) is 3.87. The van der Waals surface area contributed by atoms with Crippen LogP contribution in [0.15, 0.2) is 30.3 Å². The van der Waals surface area contributed by atoms with Crippen LogP contribution in [-0.4, -0.2) is 30.9 Å². The Kier molecular flexibility index (Phi) is 5.65. The molecule has 2 atom stereocenters. The van der Waals surface area contributed by atoms with E-state index in [1.54, 1.807) is 6.92 Å². The highest BCUT2D eigenvalue weighted by Gasteiger charge is 2.19. The van der Waals surface area contributed by atoms with Crippen molar-refractivity contribution in [2.24, 2.45) is 0 Å². The third kappa shape index (κ3) is 4.04. The Morgan fingerprint density at radius 3 is 2.50 bits per heavy atom. The average molecular weight is 270 g/mol. The third-order valence-corrected chi connectivity index (χ3v) is 2.94. The van der Waals surface area contributed by atoms with Crippen LogP contribution in [0, 0.1) is 0 Å². The minimum Gasteiger partial charge on any atom is -0.468 e. The predicted molar refractivity (Wildman–Crippen MR) is 69.5 cm³/mol.